The number of nitrogens with one attached hydrogen (secondary N) is 2. The Balaban J connectivity index is 1.78. The third kappa shape index (κ3) is 2.90. The summed E-state index contributed by atoms with van der Waals surface area (Å²) in [4.78, 5) is 6.83. The Morgan fingerprint density at radius 3 is 3.00 bits per heavy atom. The SMILES string of the molecule is Cc1ccc(C(C)NCCc2ncn[nH]2)s1. The second-order valence-electron chi connectivity index (χ2n) is 3.81. The van der Waals surface area contributed by atoms with Crippen LogP contribution in [0.2, 0.25) is 0 Å². The third-order valence-electron chi connectivity index (χ3n) is 2.47. The first-order valence-corrected chi connectivity index (χ1v) is 6.21. The predicted molar refractivity (Wildman–Crippen MR) is 65.6 cm³/mol. The number of aromatic amines is 1. The Morgan fingerprint density at radius 2 is 2.38 bits per heavy atom. The molecule has 2 N–H and O–H groups in total. The molecule has 0 fully saturated rings. The normalized spacial score (nSPS) is 12.9. The van der Waals surface area contributed by atoms with Crippen molar-refractivity contribution in [2.75, 3.05) is 6.54 Å². The molecule has 1 unspecified atom stereocenters. The van der Waals surface area contributed by atoms with Crippen molar-refractivity contribution in [2.24, 2.45) is 0 Å². The minimum atomic E-state index is 0.404. The third-order valence-corrected chi connectivity index (χ3v) is 3.65. The number of hydrogen-bond donors (Lipinski definition) is 2. The first kappa shape index (κ1) is 11.3. The van der Waals surface area contributed by atoms with E-state index in [2.05, 4.69) is 46.5 Å². The zero-order valence-electron chi connectivity index (χ0n) is 9.53. The zero-order valence-corrected chi connectivity index (χ0v) is 10.3. The van der Waals surface area contributed by atoms with E-state index < -0.39 is 0 Å². The van der Waals surface area contributed by atoms with Crippen molar-refractivity contribution in [1.82, 2.24) is 20.5 Å². The Bertz CT molecular complexity index is 421. The van der Waals surface area contributed by atoms with E-state index in [9.17, 15) is 0 Å². The highest BCUT2D eigenvalue weighted by molar-refractivity contribution is 7.12. The van der Waals surface area contributed by atoms with E-state index in [1.165, 1.54) is 9.75 Å². The zero-order chi connectivity index (χ0) is 11.4. The van der Waals surface area contributed by atoms with Crippen molar-refractivity contribution in [3.63, 3.8) is 0 Å². The van der Waals surface area contributed by atoms with Gasteiger partial charge in [0.1, 0.15) is 12.2 Å². The van der Waals surface area contributed by atoms with E-state index in [-0.39, 0.29) is 0 Å². The second kappa shape index (κ2) is 5.23. The maximum absolute atomic E-state index is 4.09. The quantitative estimate of drug-likeness (QED) is 0.835. The predicted octanol–water partition coefficient (Wildman–Crippen LogP) is 2.07. The first-order chi connectivity index (χ1) is 7.75. The van der Waals surface area contributed by atoms with Crippen LogP contribution in [0, 0.1) is 6.92 Å². The maximum atomic E-state index is 4.09. The monoisotopic (exact) mass is 236 g/mol. The van der Waals surface area contributed by atoms with Crippen LogP contribution in [0.3, 0.4) is 0 Å². The van der Waals surface area contributed by atoms with Gasteiger partial charge in [-0.05, 0) is 26.0 Å². The molecular weight excluding hydrogens is 220 g/mol. The van der Waals surface area contributed by atoms with Crippen molar-refractivity contribution in [2.45, 2.75) is 26.3 Å². The molecule has 16 heavy (non-hydrogen) atoms. The van der Waals surface area contributed by atoms with Gasteiger partial charge in [0.25, 0.3) is 0 Å². The van der Waals surface area contributed by atoms with Gasteiger partial charge in [-0.3, -0.25) is 5.10 Å². The van der Waals surface area contributed by atoms with Gasteiger partial charge in [0.15, 0.2) is 0 Å². The van der Waals surface area contributed by atoms with E-state index in [0.717, 1.165) is 18.8 Å². The lowest BCUT2D eigenvalue weighted by Gasteiger charge is -2.10. The molecule has 0 amide bonds. The van der Waals surface area contributed by atoms with Crippen molar-refractivity contribution >= 4 is 11.3 Å². The lowest BCUT2D eigenvalue weighted by Crippen LogP contribution is -2.20. The van der Waals surface area contributed by atoms with Crippen LogP contribution in [0.4, 0.5) is 0 Å². The van der Waals surface area contributed by atoms with Gasteiger partial charge in [-0.25, -0.2) is 4.98 Å². The average molecular weight is 236 g/mol. The van der Waals surface area contributed by atoms with Crippen LogP contribution in [-0.2, 0) is 6.42 Å². The summed E-state index contributed by atoms with van der Waals surface area (Å²) in [5.41, 5.74) is 0. The number of nitrogens with zero attached hydrogens (tertiary/aromatic N) is 2. The average Bonchev–Trinajstić information content (AvgIpc) is 2.89. The largest absolute Gasteiger partial charge is 0.309 e. The molecule has 2 heterocycles. The van der Waals surface area contributed by atoms with E-state index in [1.54, 1.807) is 6.33 Å². The van der Waals surface area contributed by atoms with E-state index in [4.69, 9.17) is 0 Å². The van der Waals surface area contributed by atoms with Gasteiger partial charge in [0, 0.05) is 28.8 Å². The minimum Gasteiger partial charge on any atom is -0.309 e. The molecule has 0 aliphatic heterocycles. The van der Waals surface area contributed by atoms with Gasteiger partial charge < -0.3 is 5.32 Å². The number of H-pyrrole nitrogens is 1. The summed E-state index contributed by atoms with van der Waals surface area (Å²) in [5, 5.41) is 10.1. The molecule has 0 aliphatic rings. The van der Waals surface area contributed by atoms with Gasteiger partial charge in [-0.1, -0.05) is 0 Å². The molecule has 2 rings (SSSR count). The lowest BCUT2D eigenvalue weighted by atomic mass is 10.2. The number of thiophene rings is 1. The molecule has 1 atom stereocenters. The van der Waals surface area contributed by atoms with E-state index >= 15 is 0 Å². The number of aryl methyl sites for hydroxylation is 1. The van der Waals surface area contributed by atoms with Crippen LogP contribution in [0.25, 0.3) is 0 Å². The Labute approximate surface area is 99.1 Å². The molecular formula is C11H16N4S. The van der Waals surface area contributed by atoms with Crippen molar-refractivity contribution in [3.8, 4) is 0 Å². The Morgan fingerprint density at radius 1 is 1.50 bits per heavy atom. The molecule has 86 valence electrons. The fourth-order valence-electron chi connectivity index (χ4n) is 1.55. The lowest BCUT2D eigenvalue weighted by molar-refractivity contribution is 0.578. The fraction of sp³-hybridized carbons (Fsp3) is 0.455. The van der Waals surface area contributed by atoms with Gasteiger partial charge in [-0.15, -0.1) is 11.3 Å². The van der Waals surface area contributed by atoms with Crippen molar-refractivity contribution in [1.29, 1.82) is 0 Å². The summed E-state index contributed by atoms with van der Waals surface area (Å²) in [7, 11) is 0. The number of hydrogen-bond acceptors (Lipinski definition) is 4. The molecule has 0 saturated carbocycles. The minimum absolute atomic E-state index is 0.404. The van der Waals surface area contributed by atoms with E-state index in [0.29, 0.717) is 6.04 Å². The van der Waals surface area contributed by atoms with Crippen LogP contribution in [-0.4, -0.2) is 21.7 Å². The molecule has 0 spiro atoms. The number of rotatable bonds is 5. The molecule has 0 bridgehead atoms. The maximum Gasteiger partial charge on any atom is 0.137 e. The Kier molecular flexibility index (Phi) is 3.69. The highest BCUT2D eigenvalue weighted by Gasteiger charge is 2.06. The van der Waals surface area contributed by atoms with Crippen molar-refractivity contribution in [3.05, 3.63) is 34.0 Å². The van der Waals surface area contributed by atoms with E-state index in [1.807, 2.05) is 11.3 Å². The second-order valence-corrected chi connectivity index (χ2v) is 5.13. The summed E-state index contributed by atoms with van der Waals surface area (Å²) in [5.74, 6) is 0.932. The molecule has 0 saturated heterocycles. The summed E-state index contributed by atoms with van der Waals surface area (Å²) in [6, 6.07) is 4.75. The molecule has 2 aromatic rings. The number of aromatic nitrogens is 3. The van der Waals surface area contributed by atoms with Gasteiger partial charge >= 0.3 is 0 Å². The van der Waals surface area contributed by atoms with Gasteiger partial charge in [-0.2, -0.15) is 5.10 Å². The van der Waals surface area contributed by atoms with Crippen LogP contribution in [0.15, 0.2) is 18.5 Å². The summed E-state index contributed by atoms with van der Waals surface area (Å²) in [6.45, 7) is 5.23. The molecule has 0 aliphatic carbocycles. The van der Waals surface area contributed by atoms with Crippen LogP contribution in [0.5, 0.6) is 0 Å². The Hall–Kier alpha value is -1.20. The molecule has 5 heteroatoms. The van der Waals surface area contributed by atoms with Crippen LogP contribution in [0.1, 0.15) is 28.5 Å². The topological polar surface area (TPSA) is 53.6 Å². The summed E-state index contributed by atoms with van der Waals surface area (Å²) < 4.78 is 0. The summed E-state index contributed by atoms with van der Waals surface area (Å²) >= 11 is 1.85. The van der Waals surface area contributed by atoms with Gasteiger partial charge in [0.2, 0.25) is 0 Å². The highest BCUT2D eigenvalue weighted by atomic mass is 32.1. The molecule has 0 aromatic carbocycles. The van der Waals surface area contributed by atoms with Gasteiger partial charge in [0.05, 0.1) is 0 Å². The van der Waals surface area contributed by atoms with Crippen LogP contribution < -0.4 is 5.32 Å². The summed E-state index contributed by atoms with van der Waals surface area (Å²) in [6.07, 6.45) is 2.43. The molecule has 4 nitrogen and oxygen atoms in total. The molecule has 2 aromatic heterocycles. The smallest absolute Gasteiger partial charge is 0.137 e. The van der Waals surface area contributed by atoms with Crippen LogP contribution >= 0.6 is 11.3 Å². The first-order valence-electron chi connectivity index (χ1n) is 5.39. The fourth-order valence-corrected chi connectivity index (χ4v) is 2.45. The highest BCUT2D eigenvalue weighted by Crippen LogP contribution is 2.21. The molecule has 0 radical (unpaired) electrons. The standard InChI is InChI=1S/C11H16N4S/c1-8-3-4-10(16-8)9(2)12-6-5-11-13-7-14-15-11/h3-4,7,9,12H,5-6H2,1-2H3,(H,13,14,15). The van der Waals surface area contributed by atoms with Crippen molar-refractivity contribution < 1.29 is 0 Å².